The minimum atomic E-state index is -0.00785. The molecule has 2 atom stereocenters. The summed E-state index contributed by atoms with van der Waals surface area (Å²) in [6.07, 6.45) is 3.29. The largest absolute Gasteiger partial charge is 0.481 e. The van der Waals surface area contributed by atoms with Crippen LogP contribution in [0.2, 0.25) is 5.15 Å². The van der Waals surface area contributed by atoms with Crippen LogP contribution in [0.5, 0.6) is 5.88 Å². The number of nitrogens with zero attached hydrogens (tertiary/aromatic N) is 2. The quantitative estimate of drug-likeness (QED) is 0.852. The van der Waals surface area contributed by atoms with E-state index in [-0.39, 0.29) is 22.9 Å². The molecule has 5 nitrogen and oxygen atoms in total. The van der Waals surface area contributed by atoms with E-state index < -0.39 is 0 Å². The number of hydrogen-bond acceptors (Lipinski definition) is 4. The van der Waals surface area contributed by atoms with Crippen LogP contribution >= 0.6 is 11.6 Å². The van der Waals surface area contributed by atoms with E-state index in [9.17, 15) is 4.79 Å². The highest BCUT2D eigenvalue weighted by molar-refractivity contribution is 6.29. The molecule has 2 aliphatic carbocycles. The highest BCUT2D eigenvalue weighted by atomic mass is 35.5. The lowest BCUT2D eigenvalue weighted by molar-refractivity contribution is -0.120. The Labute approximate surface area is 110 Å². The molecule has 2 fully saturated rings. The van der Waals surface area contributed by atoms with Crippen molar-refractivity contribution < 1.29 is 9.53 Å². The van der Waals surface area contributed by atoms with Crippen LogP contribution in [0.3, 0.4) is 0 Å². The maximum atomic E-state index is 12.0. The average Bonchev–Trinajstić information content (AvgIpc) is 2.95. The lowest BCUT2D eigenvalue weighted by atomic mass is 10.0. The third-order valence-corrected chi connectivity index (χ3v) is 3.92. The van der Waals surface area contributed by atoms with Crippen molar-refractivity contribution in [2.24, 2.45) is 17.8 Å². The van der Waals surface area contributed by atoms with Gasteiger partial charge in [-0.15, -0.1) is 0 Å². The van der Waals surface area contributed by atoms with Gasteiger partial charge in [-0.2, -0.15) is 4.98 Å². The molecule has 6 heteroatoms. The Balaban J connectivity index is 1.68. The van der Waals surface area contributed by atoms with E-state index in [2.05, 4.69) is 15.3 Å². The first-order valence-electron chi connectivity index (χ1n) is 6.05. The SMILES string of the molecule is COc1cc(Cl)nc(NC(=O)C2CC3CC3C2)n1. The number of hydrogen-bond donors (Lipinski definition) is 1. The molecule has 1 N–H and O–H groups in total. The average molecular weight is 268 g/mol. The molecule has 96 valence electrons. The Kier molecular flexibility index (Phi) is 2.86. The van der Waals surface area contributed by atoms with Crippen LogP contribution in [0.4, 0.5) is 5.95 Å². The number of aromatic nitrogens is 2. The number of ether oxygens (including phenoxy) is 1. The molecular weight excluding hydrogens is 254 g/mol. The summed E-state index contributed by atoms with van der Waals surface area (Å²) in [6.45, 7) is 0. The number of nitrogens with one attached hydrogen (secondary N) is 1. The molecular formula is C12H14ClN3O2. The van der Waals surface area contributed by atoms with Gasteiger partial charge < -0.3 is 4.74 Å². The van der Waals surface area contributed by atoms with Gasteiger partial charge >= 0.3 is 0 Å². The number of rotatable bonds is 3. The molecule has 0 spiro atoms. The smallest absolute Gasteiger partial charge is 0.234 e. The van der Waals surface area contributed by atoms with Gasteiger partial charge in [0.15, 0.2) is 0 Å². The number of anilines is 1. The third kappa shape index (κ3) is 2.27. The summed E-state index contributed by atoms with van der Waals surface area (Å²) in [5.74, 6) is 2.20. The van der Waals surface area contributed by atoms with Gasteiger partial charge in [0.25, 0.3) is 0 Å². The maximum Gasteiger partial charge on any atom is 0.234 e. The predicted octanol–water partition coefficient (Wildman–Crippen LogP) is 2.12. The van der Waals surface area contributed by atoms with Gasteiger partial charge in [0.05, 0.1) is 7.11 Å². The number of carbonyl (C=O) groups is 1. The van der Waals surface area contributed by atoms with E-state index in [1.807, 2.05) is 0 Å². The first kappa shape index (κ1) is 11.7. The summed E-state index contributed by atoms with van der Waals surface area (Å²) in [7, 11) is 1.49. The summed E-state index contributed by atoms with van der Waals surface area (Å²) in [6, 6.07) is 1.50. The molecule has 2 aliphatic rings. The first-order valence-corrected chi connectivity index (χ1v) is 6.43. The van der Waals surface area contributed by atoms with Gasteiger partial charge in [-0.25, -0.2) is 4.98 Å². The van der Waals surface area contributed by atoms with E-state index in [0.29, 0.717) is 5.88 Å². The topological polar surface area (TPSA) is 64.1 Å². The van der Waals surface area contributed by atoms with Crippen LogP contribution in [0.25, 0.3) is 0 Å². The Hall–Kier alpha value is -1.36. The highest BCUT2D eigenvalue weighted by Gasteiger charge is 2.48. The monoisotopic (exact) mass is 267 g/mol. The highest BCUT2D eigenvalue weighted by Crippen LogP contribution is 2.54. The van der Waals surface area contributed by atoms with Crippen LogP contribution in [0, 0.1) is 17.8 Å². The van der Waals surface area contributed by atoms with Crippen molar-refractivity contribution in [2.75, 3.05) is 12.4 Å². The van der Waals surface area contributed by atoms with Gasteiger partial charge in [0.1, 0.15) is 5.15 Å². The number of halogens is 1. The molecule has 1 aromatic heterocycles. The van der Waals surface area contributed by atoms with E-state index in [1.54, 1.807) is 0 Å². The second-order valence-electron chi connectivity index (χ2n) is 4.97. The van der Waals surface area contributed by atoms with Gasteiger partial charge in [0.2, 0.25) is 17.7 Å². The molecule has 0 bridgehead atoms. The fraction of sp³-hybridized carbons (Fsp3) is 0.583. The fourth-order valence-corrected chi connectivity index (χ4v) is 2.87. The zero-order valence-electron chi connectivity index (χ0n) is 10.0. The molecule has 0 aliphatic heterocycles. The normalized spacial score (nSPS) is 28.7. The summed E-state index contributed by atoms with van der Waals surface area (Å²) < 4.78 is 4.98. The fourth-order valence-electron chi connectivity index (χ4n) is 2.70. The summed E-state index contributed by atoms with van der Waals surface area (Å²) in [5.41, 5.74) is 0. The Bertz CT molecular complexity index is 484. The molecule has 0 saturated heterocycles. The minimum Gasteiger partial charge on any atom is -0.481 e. The Morgan fingerprint density at radius 2 is 2.11 bits per heavy atom. The van der Waals surface area contributed by atoms with E-state index in [4.69, 9.17) is 16.3 Å². The van der Waals surface area contributed by atoms with Crippen LogP contribution in [0.15, 0.2) is 6.07 Å². The maximum absolute atomic E-state index is 12.0. The van der Waals surface area contributed by atoms with E-state index in [1.165, 1.54) is 19.6 Å². The zero-order valence-corrected chi connectivity index (χ0v) is 10.8. The molecule has 2 unspecified atom stereocenters. The van der Waals surface area contributed by atoms with Crippen molar-refractivity contribution >= 4 is 23.5 Å². The summed E-state index contributed by atoms with van der Waals surface area (Å²) in [4.78, 5) is 20.0. The molecule has 0 radical (unpaired) electrons. The standard InChI is InChI=1S/C12H14ClN3O2/c1-18-10-5-9(13)14-12(15-10)16-11(17)8-3-6-2-7(6)4-8/h5-8H,2-4H2,1H3,(H,14,15,16,17). The molecule has 2 saturated carbocycles. The van der Waals surface area contributed by atoms with Crippen LogP contribution in [-0.4, -0.2) is 23.0 Å². The van der Waals surface area contributed by atoms with Crippen molar-refractivity contribution in [3.63, 3.8) is 0 Å². The van der Waals surface area contributed by atoms with Crippen molar-refractivity contribution in [1.82, 2.24) is 9.97 Å². The second kappa shape index (κ2) is 4.39. The number of methoxy groups -OCH3 is 1. The predicted molar refractivity (Wildman–Crippen MR) is 66.5 cm³/mol. The Morgan fingerprint density at radius 1 is 1.39 bits per heavy atom. The first-order chi connectivity index (χ1) is 8.65. The zero-order chi connectivity index (χ0) is 12.7. The molecule has 3 rings (SSSR count). The lowest BCUT2D eigenvalue weighted by Crippen LogP contribution is -2.23. The van der Waals surface area contributed by atoms with Gasteiger partial charge in [0, 0.05) is 12.0 Å². The number of fused-ring (bicyclic) bond motifs is 1. The van der Waals surface area contributed by atoms with E-state index in [0.717, 1.165) is 24.7 Å². The number of amides is 1. The van der Waals surface area contributed by atoms with Crippen molar-refractivity contribution in [3.05, 3.63) is 11.2 Å². The second-order valence-corrected chi connectivity index (χ2v) is 5.36. The van der Waals surface area contributed by atoms with Gasteiger partial charge in [-0.1, -0.05) is 11.6 Å². The third-order valence-electron chi connectivity index (χ3n) is 3.73. The van der Waals surface area contributed by atoms with Crippen LogP contribution in [0.1, 0.15) is 19.3 Å². The van der Waals surface area contributed by atoms with Crippen molar-refractivity contribution in [2.45, 2.75) is 19.3 Å². The van der Waals surface area contributed by atoms with Crippen molar-refractivity contribution in [1.29, 1.82) is 0 Å². The molecule has 1 aromatic rings. The molecule has 18 heavy (non-hydrogen) atoms. The Morgan fingerprint density at radius 3 is 2.78 bits per heavy atom. The summed E-state index contributed by atoms with van der Waals surface area (Å²) >= 11 is 5.82. The number of carbonyl (C=O) groups excluding carboxylic acids is 1. The lowest BCUT2D eigenvalue weighted by Gasteiger charge is -2.11. The van der Waals surface area contributed by atoms with Gasteiger partial charge in [-0.05, 0) is 31.1 Å². The summed E-state index contributed by atoms with van der Waals surface area (Å²) in [5, 5.41) is 2.97. The van der Waals surface area contributed by atoms with Crippen LogP contribution < -0.4 is 10.1 Å². The van der Waals surface area contributed by atoms with Crippen molar-refractivity contribution in [3.8, 4) is 5.88 Å². The van der Waals surface area contributed by atoms with Crippen LogP contribution in [-0.2, 0) is 4.79 Å². The molecule has 0 aromatic carbocycles. The molecule has 1 amide bonds. The minimum absolute atomic E-state index is 0.00785. The molecule has 1 heterocycles. The van der Waals surface area contributed by atoms with E-state index >= 15 is 0 Å². The van der Waals surface area contributed by atoms with Gasteiger partial charge in [-0.3, -0.25) is 10.1 Å².